The molecule has 1 aromatic heterocycles. The van der Waals surface area contributed by atoms with E-state index in [1.165, 1.54) is 0 Å². The fraction of sp³-hybridized carbons (Fsp3) is 0.348. The number of unbranched alkanes of at least 4 members (excludes halogenated alkanes) is 1. The third-order valence-electron chi connectivity index (χ3n) is 5.35. The summed E-state index contributed by atoms with van der Waals surface area (Å²) >= 11 is 0. The van der Waals surface area contributed by atoms with Gasteiger partial charge in [0.05, 0.1) is 5.56 Å². The Morgan fingerprint density at radius 3 is 2.70 bits per heavy atom. The molecule has 3 aromatic rings. The molecule has 0 bridgehead atoms. The average molecular weight is 363 g/mol. The molecule has 4 heteroatoms. The molecular weight excluding hydrogens is 338 g/mol. The Morgan fingerprint density at radius 2 is 1.93 bits per heavy atom. The van der Waals surface area contributed by atoms with Crippen LogP contribution >= 0.6 is 0 Å². The summed E-state index contributed by atoms with van der Waals surface area (Å²) in [6.45, 7) is 6.54. The van der Waals surface area contributed by atoms with E-state index in [1.807, 2.05) is 49.4 Å². The second-order valence-corrected chi connectivity index (χ2v) is 7.25. The van der Waals surface area contributed by atoms with Crippen LogP contribution in [0.15, 0.2) is 51.7 Å². The Balaban J connectivity index is 1.76. The van der Waals surface area contributed by atoms with Crippen molar-refractivity contribution in [3.05, 3.63) is 75.1 Å². The monoisotopic (exact) mass is 363 g/mol. The second kappa shape index (κ2) is 7.57. The molecule has 0 radical (unpaired) electrons. The lowest BCUT2D eigenvalue weighted by atomic mass is 9.98. The van der Waals surface area contributed by atoms with Gasteiger partial charge in [0.25, 0.3) is 0 Å². The lowest BCUT2D eigenvalue weighted by molar-refractivity contribution is 0.0943. The first-order valence-electron chi connectivity index (χ1n) is 9.64. The summed E-state index contributed by atoms with van der Waals surface area (Å²) in [6, 6.07) is 14.1. The summed E-state index contributed by atoms with van der Waals surface area (Å²) < 4.78 is 11.7. The van der Waals surface area contributed by atoms with Crippen molar-refractivity contribution < 1.29 is 9.15 Å². The number of fused-ring (bicyclic) bond motifs is 3. The van der Waals surface area contributed by atoms with Gasteiger partial charge in [-0.1, -0.05) is 43.7 Å². The van der Waals surface area contributed by atoms with Gasteiger partial charge in [-0.15, -0.1) is 0 Å². The molecule has 0 spiro atoms. The van der Waals surface area contributed by atoms with Crippen LogP contribution in [0.5, 0.6) is 5.75 Å². The SMILES string of the molecule is CCCCN1COc2ccc3c(C)c(Cc4ccccc4)c(=O)oc3c2C1. The fourth-order valence-corrected chi connectivity index (χ4v) is 3.74. The van der Waals surface area contributed by atoms with Gasteiger partial charge < -0.3 is 9.15 Å². The molecule has 4 nitrogen and oxygen atoms in total. The Morgan fingerprint density at radius 1 is 1.11 bits per heavy atom. The maximum Gasteiger partial charge on any atom is 0.340 e. The topological polar surface area (TPSA) is 42.7 Å². The molecule has 0 saturated heterocycles. The highest BCUT2D eigenvalue weighted by Crippen LogP contribution is 2.34. The van der Waals surface area contributed by atoms with Gasteiger partial charge in [0, 0.05) is 30.5 Å². The minimum atomic E-state index is -0.247. The highest BCUT2D eigenvalue weighted by atomic mass is 16.5. The van der Waals surface area contributed by atoms with Gasteiger partial charge in [0.1, 0.15) is 18.1 Å². The molecule has 0 saturated carbocycles. The van der Waals surface area contributed by atoms with E-state index < -0.39 is 0 Å². The van der Waals surface area contributed by atoms with Gasteiger partial charge in [-0.2, -0.15) is 0 Å². The predicted molar refractivity (Wildman–Crippen MR) is 107 cm³/mol. The van der Waals surface area contributed by atoms with Crippen LogP contribution in [0.25, 0.3) is 11.0 Å². The fourth-order valence-electron chi connectivity index (χ4n) is 3.74. The molecule has 1 aliphatic heterocycles. The number of ether oxygens (including phenoxy) is 1. The molecule has 0 amide bonds. The number of aryl methyl sites for hydroxylation is 1. The summed E-state index contributed by atoms with van der Waals surface area (Å²) in [4.78, 5) is 15.0. The Bertz CT molecular complexity index is 1010. The van der Waals surface area contributed by atoms with Crippen molar-refractivity contribution >= 4 is 11.0 Å². The molecule has 2 heterocycles. The van der Waals surface area contributed by atoms with Crippen LogP contribution in [0, 0.1) is 6.92 Å². The summed E-state index contributed by atoms with van der Waals surface area (Å²) in [7, 11) is 0. The van der Waals surface area contributed by atoms with E-state index in [0.29, 0.717) is 18.7 Å². The molecule has 1 aliphatic rings. The van der Waals surface area contributed by atoms with E-state index in [2.05, 4.69) is 11.8 Å². The zero-order chi connectivity index (χ0) is 18.8. The summed E-state index contributed by atoms with van der Waals surface area (Å²) in [5, 5.41) is 1.00. The minimum absolute atomic E-state index is 0.247. The van der Waals surface area contributed by atoms with E-state index in [-0.39, 0.29) is 5.63 Å². The molecule has 140 valence electrons. The summed E-state index contributed by atoms with van der Waals surface area (Å²) in [6.07, 6.45) is 2.87. The molecule has 0 fully saturated rings. The third-order valence-corrected chi connectivity index (χ3v) is 5.35. The lowest BCUT2D eigenvalue weighted by Crippen LogP contribution is -2.33. The Kier molecular flexibility index (Phi) is 4.99. The highest BCUT2D eigenvalue weighted by molar-refractivity contribution is 5.86. The average Bonchev–Trinajstić information content (AvgIpc) is 2.70. The molecule has 2 aromatic carbocycles. The van der Waals surface area contributed by atoms with Gasteiger partial charge in [-0.25, -0.2) is 4.79 Å². The smallest absolute Gasteiger partial charge is 0.340 e. The first kappa shape index (κ1) is 17.8. The number of benzene rings is 2. The first-order valence-corrected chi connectivity index (χ1v) is 9.64. The van der Waals surface area contributed by atoms with Gasteiger partial charge in [-0.3, -0.25) is 4.90 Å². The molecule has 27 heavy (non-hydrogen) atoms. The van der Waals surface area contributed by atoms with Crippen molar-refractivity contribution in [2.45, 2.75) is 39.7 Å². The van der Waals surface area contributed by atoms with Gasteiger partial charge in [0.2, 0.25) is 0 Å². The van der Waals surface area contributed by atoms with Crippen molar-refractivity contribution in [1.82, 2.24) is 4.90 Å². The lowest BCUT2D eigenvalue weighted by Gasteiger charge is -2.29. The number of rotatable bonds is 5. The number of hydrogen-bond acceptors (Lipinski definition) is 4. The molecule has 0 atom stereocenters. The molecule has 0 aliphatic carbocycles. The molecular formula is C23H25NO3. The predicted octanol–water partition coefficient (Wildman–Crippen LogP) is 4.64. The van der Waals surface area contributed by atoms with Crippen molar-refractivity contribution in [1.29, 1.82) is 0 Å². The van der Waals surface area contributed by atoms with Crippen LogP contribution in [0.3, 0.4) is 0 Å². The van der Waals surface area contributed by atoms with Crippen molar-refractivity contribution in [2.75, 3.05) is 13.3 Å². The van der Waals surface area contributed by atoms with E-state index in [1.54, 1.807) is 0 Å². The van der Waals surface area contributed by atoms with Gasteiger partial charge in [-0.05, 0) is 36.6 Å². The van der Waals surface area contributed by atoms with Gasteiger partial charge in [0.15, 0.2) is 0 Å². The summed E-state index contributed by atoms with van der Waals surface area (Å²) in [5.74, 6) is 0.827. The summed E-state index contributed by atoms with van der Waals surface area (Å²) in [5.41, 5.74) is 4.25. The second-order valence-electron chi connectivity index (χ2n) is 7.25. The normalized spacial score (nSPS) is 14.1. The zero-order valence-corrected chi connectivity index (χ0v) is 16.0. The van der Waals surface area contributed by atoms with Crippen LogP contribution in [-0.2, 0) is 13.0 Å². The van der Waals surface area contributed by atoms with E-state index in [4.69, 9.17) is 9.15 Å². The van der Waals surface area contributed by atoms with Crippen LogP contribution in [0.4, 0.5) is 0 Å². The van der Waals surface area contributed by atoms with Crippen molar-refractivity contribution in [2.24, 2.45) is 0 Å². The molecule has 4 rings (SSSR count). The van der Waals surface area contributed by atoms with Gasteiger partial charge >= 0.3 is 5.63 Å². The highest BCUT2D eigenvalue weighted by Gasteiger charge is 2.23. The maximum atomic E-state index is 12.8. The van der Waals surface area contributed by atoms with Crippen molar-refractivity contribution in [3.63, 3.8) is 0 Å². The first-order chi connectivity index (χ1) is 13.2. The standard InChI is InChI=1S/C23H25NO3/c1-3-4-12-24-14-20-21(26-15-24)11-10-18-16(2)19(23(25)27-22(18)20)13-17-8-6-5-7-9-17/h5-11H,3-4,12-15H2,1-2H3. The van der Waals surface area contributed by atoms with E-state index in [0.717, 1.165) is 59.3 Å². The van der Waals surface area contributed by atoms with E-state index >= 15 is 0 Å². The largest absolute Gasteiger partial charge is 0.478 e. The van der Waals surface area contributed by atoms with E-state index in [9.17, 15) is 4.79 Å². The third kappa shape index (κ3) is 3.50. The minimum Gasteiger partial charge on any atom is -0.478 e. The maximum absolute atomic E-state index is 12.8. The number of nitrogens with zero attached hydrogens (tertiary/aromatic N) is 1. The Labute approximate surface area is 159 Å². The van der Waals surface area contributed by atoms with Crippen LogP contribution < -0.4 is 10.4 Å². The Hall–Kier alpha value is -2.59. The quantitative estimate of drug-likeness (QED) is 0.619. The molecule has 0 unspecified atom stereocenters. The molecule has 0 N–H and O–H groups in total. The van der Waals surface area contributed by atoms with Crippen LogP contribution in [0.1, 0.15) is 42.0 Å². The van der Waals surface area contributed by atoms with Crippen LogP contribution in [0.2, 0.25) is 0 Å². The zero-order valence-electron chi connectivity index (χ0n) is 16.0. The number of hydrogen-bond donors (Lipinski definition) is 0. The van der Waals surface area contributed by atoms with Crippen LogP contribution in [-0.4, -0.2) is 18.2 Å². The van der Waals surface area contributed by atoms with Crippen molar-refractivity contribution in [3.8, 4) is 5.75 Å².